The van der Waals surface area contributed by atoms with Crippen LogP contribution < -0.4 is 5.73 Å². The summed E-state index contributed by atoms with van der Waals surface area (Å²) in [5.74, 6) is 0.129. The highest BCUT2D eigenvalue weighted by atomic mass is 16.2. The monoisotopic (exact) mass is 156 g/mol. The molecule has 0 aromatic rings. The van der Waals surface area contributed by atoms with Crippen molar-refractivity contribution in [3.63, 3.8) is 0 Å². The highest BCUT2D eigenvalue weighted by Gasteiger charge is 2.42. The van der Waals surface area contributed by atoms with Crippen molar-refractivity contribution in [2.45, 2.75) is 19.8 Å². The van der Waals surface area contributed by atoms with E-state index in [0.29, 0.717) is 6.54 Å². The minimum absolute atomic E-state index is 0.129. The van der Waals surface area contributed by atoms with Crippen molar-refractivity contribution in [2.24, 2.45) is 11.1 Å². The van der Waals surface area contributed by atoms with E-state index in [9.17, 15) is 4.79 Å². The molecule has 0 saturated heterocycles. The van der Waals surface area contributed by atoms with Gasteiger partial charge in [0.1, 0.15) is 0 Å². The van der Waals surface area contributed by atoms with Gasteiger partial charge in [0.15, 0.2) is 0 Å². The first-order valence-electron chi connectivity index (χ1n) is 4.01. The van der Waals surface area contributed by atoms with Crippen LogP contribution in [-0.4, -0.2) is 30.9 Å². The lowest BCUT2D eigenvalue weighted by atomic mass is 10.1. The number of nitrogens with zero attached hydrogens (tertiary/aromatic N) is 1. The molecule has 0 atom stereocenters. The van der Waals surface area contributed by atoms with Crippen molar-refractivity contribution < 1.29 is 4.79 Å². The summed E-state index contributed by atoms with van der Waals surface area (Å²) < 4.78 is 0. The molecule has 0 bridgehead atoms. The molecular weight excluding hydrogens is 140 g/mol. The van der Waals surface area contributed by atoms with Gasteiger partial charge in [-0.05, 0) is 19.4 Å². The van der Waals surface area contributed by atoms with Gasteiger partial charge in [-0.25, -0.2) is 0 Å². The molecule has 1 aliphatic carbocycles. The van der Waals surface area contributed by atoms with Crippen LogP contribution in [0.3, 0.4) is 0 Å². The van der Waals surface area contributed by atoms with Crippen molar-refractivity contribution in [3.8, 4) is 0 Å². The molecule has 0 aromatic heterocycles. The molecule has 0 heterocycles. The maximum absolute atomic E-state index is 10.9. The standard InChI is InChI=1S/C8H16N2O/c1-7(11)10(2)6-8(5-9)3-4-8/h3-6,9H2,1-2H3. The van der Waals surface area contributed by atoms with E-state index in [4.69, 9.17) is 5.73 Å². The third-order valence-corrected chi connectivity index (χ3v) is 2.50. The quantitative estimate of drug-likeness (QED) is 0.634. The number of carbonyl (C=O) groups is 1. The largest absolute Gasteiger partial charge is 0.345 e. The highest BCUT2D eigenvalue weighted by molar-refractivity contribution is 5.72. The van der Waals surface area contributed by atoms with Crippen LogP contribution in [0.25, 0.3) is 0 Å². The molecule has 1 saturated carbocycles. The first-order valence-corrected chi connectivity index (χ1v) is 4.01. The van der Waals surface area contributed by atoms with E-state index < -0.39 is 0 Å². The molecule has 0 unspecified atom stereocenters. The second-order valence-corrected chi connectivity index (χ2v) is 3.58. The van der Waals surface area contributed by atoms with Gasteiger partial charge in [0, 0.05) is 25.9 Å². The molecule has 0 aliphatic heterocycles. The maximum Gasteiger partial charge on any atom is 0.219 e. The van der Waals surface area contributed by atoms with Crippen LogP contribution in [0.5, 0.6) is 0 Å². The van der Waals surface area contributed by atoms with Gasteiger partial charge in [0.25, 0.3) is 0 Å². The number of hydrogen-bond donors (Lipinski definition) is 1. The molecule has 1 amide bonds. The Bertz CT molecular complexity index is 163. The molecule has 0 aromatic carbocycles. The van der Waals surface area contributed by atoms with Gasteiger partial charge in [0.2, 0.25) is 5.91 Å². The Hall–Kier alpha value is -0.570. The second kappa shape index (κ2) is 2.81. The first-order chi connectivity index (χ1) is 5.09. The van der Waals surface area contributed by atoms with E-state index >= 15 is 0 Å². The van der Waals surface area contributed by atoms with E-state index in [1.807, 2.05) is 7.05 Å². The SMILES string of the molecule is CC(=O)N(C)CC1(CN)CC1. The van der Waals surface area contributed by atoms with Crippen LogP contribution in [0.15, 0.2) is 0 Å². The predicted octanol–water partition coefficient (Wildman–Crippen LogP) is 0.204. The van der Waals surface area contributed by atoms with Crippen molar-refractivity contribution in [1.29, 1.82) is 0 Å². The van der Waals surface area contributed by atoms with Crippen LogP contribution in [0.1, 0.15) is 19.8 Å². The minimum atomic E-state index is 0.129. The molecule has 0 radical (unpaired) electrons. The van der Waals surface area contributed by atoms with Gasteiger partial charge >= 0.3 is 0 Å². The van der Waals surface area contributed by atoms with E-state index in [1.165, 1.54) is 12.8 Å². The van der Waals surface area contributed by atoms with Crippen LogP contribution >= 0.6 is 0 Å². The summed E-state index contributed by atoms with van der Waals surface area (Å²) in [6.07, 6.45) is 2.36. The summed E-state index contributed by atoms with van der Waals surface area (Å²) >= 11 is 0. The molecular formula is C8H16N2O. The Balaban J connectivity index is 2.35. The molecule has 2 N–H and O–H groups in total. The molecule has 64 valence electrons. The zero-order valence-electron chi connectivity index (χ0n) is 7.26. The van der Waals surface area contributed by atoms with Gasteiger partial charge in [0.05, 0.1) is 0 Å². The normalized spacial score (nSPS) is 19.5. The first kappa shape index (κ1) is 8.53. The van der Waals surface area contributed by atoms with Crippen molar-refractivity contribution in [2.75, 3.05) is 20.1 Å². The zero-order chi connectivity index (χ0) is 8.48. The molecule has 11 heavy (non-hydrogen) atoms. The van der Waals surface area contributed by atoms with Gasteiger partial charge < -0.3 is 10.6 Å². The molecule has 1 fully saturated rings. The Labute approximate surface area is 67.5 Å². The molecule has 0 spiro atoms. The van der Waals surface area contributed by atoms with Gasteiger partial charge in [-0.15, -0.1) is 0 Å². The van der Waals surface area contributed by atoms with Gasteiger partial charge in [-0.3, -0.25) is 4.79 Å². The average Bonchev–Trinajstić information content (AvgIpc) is 2.69. The highest BCUT2D eigenvalue weighted by Crippen LogP contribution is 2.44. The average molecular weight is 156 g/mol. The smallest absolute Gasteiger partial charge is 0.219 e. The van der Waals surface area contributed by atoms with Crippen LogP contribution in [-0.2, 0) is 4.79 Å². The topological polar surface area (TPSA) is 46.3 Å². The van der Waals surface area contributed by atoms with E-state index in [2.05, 4.69) is 0 Å². The van der Waals surface area contributed by atoms with Crippen LogP contribution in [0.4, 0.5) is 0 Å². The molecule has 1 rings (SSSR count). The molecule has 3 heteroatoms. The Morgan fingerprint density at radius 3 is 2.45 bits per heavy atom. The fourth-order valence-electron chi connectivity index (χ4n) is 1.22. The van der Waals surface area contributed by atoms with Crippen molar-refractivity contribution >= 4 is 5.91 Å². The van der Waals surface area contributed by atoms with E-state index in [0.717, 1.165) is 6.54 Å². The summed E-state index contributed by atoms with van der Waals surface area (Å²) in [7, 11) is 1.83. The van der Waals surface area contributed by atoms with E-state index in [-0.39, 0.29) is 11.3 Å². The van der Waals surface area contributed by atoms with Crippen molar-refractivity contribution in [3.05, 3.63) is 0 Å². The van der Waals surface area contributed by atoms with Crippen LogP contribution in [0.2, 0.25) is 0 Å². The third-order valence-electron chi connectivity index (χ3n) is 2.50. The third kappa shape index (κ3) is 1.93. The van der Waals surface area contributed by atoms with Gasteiger partial charge in [-0.1, -0.05) is 0 Å². The Morgan fingerprint density at radius 1 is 1.64 bits per heavy atom. The fourth-order valence-corrected chi connectivity index (χ4v) is 1.22. The predicted molar refractivity (Wildman–Crippen MR) is 44.0 cm³/mol. The lowest BCUT2D eigenvalue weighted by Crippen LogP contribution is -2.34. The summed E-state index contributed by atoms with van der Waals surface area (Å²) in [5.41, 5.74) is 5.86. The number of rotatable bonds is 3. The lowest BCUT2D eigenvalue weighted by Gasteiger charge is -2.21. The zero-order valence-corrected chi connectivity index (χ0v) is 7.26. The molecule has 3 nitrogen and oxygen atoms in total. The summed E-state index contributed by atoms with van der Waals surface area (Å²) in [4.78, 5) is 12.6. The Kier molecular flexibility index (Phi) is 2.18. The van der Waals surface area contributed by atoms with Crippen molar-refractivity contribution in [1.82, 2.24) is 4.90 Å². The maximum atomic E-state index is 10.9. The number of nitrogens with two attached hydrogens (primary N) is 1. The second-order valence-electron chi connectivity index (χ2n) is 3.58. The van der Waals surface area contributed by atoms with Gasteiger partial charge in [-0.2, -0.15) is 0 Å². The Morgan fingerprint density at radius 2 is 2.18 bits per heavy atom. The summed E-state index contributed by atoms with van der Waals surface area (Å²) in [5, 5.41) is 0. The number of amides is 1. The minimum Gasteiger partial charge on any atom is -0.345 e. The van der Waals surface area contributed by atoms with Crippen LogP contribution in [0, 0.1) is 5.41 Å². The number of hydrogen-bond acceptors (Lipinski definition) is 2. The molecule has 1 aliphatic rings. The fraction of sp³-hybridized carbons (Fsp3) is 0.875. The lowest BCUT2D eigenvalue weighted by molar-refractivity contribution is -0.128. The summed E-state index contributed by atoms with van der Waals surface area (Å²) in [6.45, 7) is 3.13. The number of carbonyl (C=O) groups excluding carboxylic acids is 1. The van der Waals surface area contributed by atoms with E-state index in [1.54, 1.807) is 11.8 Å². The summed E-state index contributed by atoms with van der Waals surface area (Å²) in [6, 6.07) is 0.